The molecule has 0 N–H and O–H groups in total. The molecular weight excluding hydrogens is 450 g/mol. The zero-order chi connectivity index (χ0) is 21.8. The summed E-state index contributed by atoms with van der Waals surface area (Å²) in [6.45, 7) is 3.67. The van der Waals surface area contributed by atoms with E-state index < -0.39 is 0 Å². The first-order valence-corrected chi connectivity index (χ1v) is 10.6. The molecule has 0 saturated carbocycles. The molecule has 1 aliphatic rings. The fraction of sp³-hybridized carbons (Fsp3) is 0.391. The molecule has 3 rings (SSSR count). The van der Waals surface area contributed by atoms with Gasteiger partial charge in [-0.15, -0.1) is 0 Å². The van der Waals surface area contributed by atoms with Crippen LogP contribution in [0.2, 0.25) is 0 Å². The van der Waals surface area contributed by atoms with Gasteiger partial charge in [-0.3, -0.25) is 4.79 Å². The number of halogens is 1. The van der Waals surface area contributed by atoms with Crippen LogP contribution < -0.4 is 18.9 Å². The van der Waals surface area contributed by atoms with E-state index in [0.717, 1.165) is 37.1 Å². The average molecular weight is 477 g/mol. The Bertz CT molecular complexity index is 1000. The van der Waals surface area contributed by atoms with E-state index in [1.807, 2.05) is 12.1 Å². The van der Waals surface area contributed by atoms with Gasteiger partial charge >= 0.3 is 0 Å². The molecule has 160 valence electrons. The summed E-state index contributed by atoms with van der Waals surface area (Å²) in [5.74, 6) is 2.25. The number of methoxy groups -OCH3 is 4. The van der Waals surface area contributed by atoms with Gasteiger partial charge in [0.1, 0.15) is 13.1 Å². The van der Waals surface area contributed by atoms with Gasteiger partial charge in [-0.25, -0.2) is 4.58 Å². The second-order valence-electron chi connectivity index (χ2n) is 6.94. The van der Waals surface area contributed by atoms with Gasteiger partial charge in [-0.2, -0.15) is 0 Å². The minimum absolute atomic E-state index is 0.0792. The summed E-state index contributed by atoms with van der Waals surface area (Å²) < 4.78 is 24.5. The second kappa shape index (κ2) is 9.51. The first kappa shape index (κ1) is 22.2. The van der Waals surface area contributed by atoms with E-state index in [4.69, 9.17) is 18.9 Å². The van der Waals surface area contributed by atoms with Gasteiger partial charge in [-0.05, 0) is 45.8 Å². The van der Waals surface area contributed by atoms with Crippen LogP contribution in [-0.2, 0) is 6.42 Å². The van der Waals surface area contributed by atoms with Crippen molar-refractivity contribution in [3.63, 3.8) is 0 Å². The lowest BCUT2D eigenvalue weighted by molar-refractivity contribution is -0.527. The molecule has 30 heavy (non-hydrogen) atoms. The van der Waals surface area contributed by atoms with Gasteiger partial charge in [0.05, 0.1) is 38.5 Å². The lowest BCUT2D eigenvalue weighted by Crippen LogP contribution is -2.36. The maximum atomic E-state index is 13.8. The number of carbonyl (C=O) groups excluding carboxylic acids is 1. The largest absolute Gasteiger partial charge is 0.493 e. The molecule has 0 spiro atoms. The summed E-state index contributed by atoms with van der Waals surface area (Å²) in [6.07, 6.45) is 1.77. The second-order valence-corrected chi connectivity index (χ2v) is 7.73. The molecule has 1 aliphatic heterocycles. The van der Waals surface area contributed by atoms with Gasteiger partial charge in [0.15, 0.2) is 23.0 Å². The number of fused-ring (bicyclic) bond motifs is 1. The number of ketones is 1. The summed E-state index contributed by atoms with van der Waals surface area (Å²) in [4.78, 5) is 13.8. The van der Waals surface area contributed by atoms with E-state index >= 15 is 0 Å². The SMILES string of the molecule is CCC[N+]1=C(C(=O)c2ccc(OC)c(OC)c2Br)c2cc(OC)c(OC)cc2CC1. The molecule has 2 aromatic carbocycles. The summed E-state index contributed by atoms with van der Waals surface area (Å²) in [5, 5.41) is 0. The third-order valence-electron chi connectivity index (χ3n) is 5.27. The molecule has 1 heterocycles. The van der Waals surface area contributed by atoms with E-state index in [-0.39, 0.29) is 5.78 Å². The van der Waals surface area contributed by atoms with Crippen LogP contribution in [-0.4, -0.2) is 57.6 Å². The maximum Gasteiger partial charge on any atom is 0.258 e. The lowest BCUT2D eigenvalue weighted by atomic mass is 9.91. The van der Waals surface area contributed by atoms with Gasteiger partial charge in [0.2, 0.25) is 0 Å². The number of hydrogen-bond acceptors (Lipinski definition) is 5. The highest BCUT2D eigenvalue weighted by atomic mass is 79.9. The molecular formula is C23H27BrNO5+. The van der Waals surface area contributed by atoms with Crippen molar-refractivity contribution < 1.29 is 28.3 Å². The molecule has 0 unspecified atom stereocenters. The summed E-state index contributed by atoms with van der Waals surface area (Å²) in [7, 11) is 6.34. The monoisotopic (exact) mass is 476 g/mol. The van der Waals surface area contributed by atoms with Crippen molar-refractivity contribution in [3.05, 3.63) is 45.4 Å². The van der Waals surface area contributed by atoms with Gasteiger partial charge in [0.25, 0.3) is 11.5 Å². The van der Waals surface area contributed by atoms with Gasteiger partial charge in [0, 0.05) is 18.4 Å². The Balaban J connectivity index is 2.21. The van der Waals surface area contributed by atoms with Crippen LogP contribution in [0.1, 0.15) is 34.8 Å². The quantitative estimate of drug-likeness (QED) is 0.423. The average Bonchev–Trinajstić information content (AvgIpc) is 2.77. The number of carbonyl (C=O) groups is 1. The Labute approximate surface area is 185 Å². The zero-order valence-corrected chi connectivity index (χ0v) is 19.6. The van der Waals surface area contributed by atoms with Crippen molar-refractivity contribution in [3.8, 4) is 23.0 Å². The standard InChI is InChI=1S/C23H27BrNO5/c1-6-10-25-11-9-14-12-18(28-3)19(29-4)13-16(14)21(25)22(26)15-7-8-17(27-2)23(30-5)20(15)24/h7-8,12-13H,6,9-11H2,1-5H3/q+1. The van der Waals surface area contributed by atoms with Crippen LogP contribution in [0.3, 0.4) is 0 Å². The summed E-state index contributed by atoms with van der Waals surface area (Å²) in [6, 6.07) is 7.38. The number of nitrogens with zero attached hydrogens (tertiary/aromatic N) is 1. The van der Waals surface area contributed by atoms with Crippen molar-refractivity contribution in [1.82, 2.24) is 0 Å². The Morgan fingerprint density at radius 1 is 1.00 bits per heavy atom. The summed E-state index contributed by atoms with van der Waals surface area (Å²) in [5.41, 5.74) is 3.12. The number of hydrogen-bond donors (Lipinski definition) is 0. The minimum Gasteiger partial charge on any atom is -0.493 e. The predicted octanol–water partition coefficient (Wildman–Crippen LogP) is 4.13. The molecule has 0 saturated heterocycles. The molecule has 0 aliphatic carbocycles. The minimum atomic E-state index is -0.0792. The van der Waals surface area contributed by atoms with Crippen LogP contribution in [0.5, 0.6) is 23.0 Å². The fourth-order valence-corrected chi connectivity index (χ4v) is 4.51. The highest BCUT2D eigenvalue weighted by molar-refractivity contribution is 9.10. The Hall–Kier alpha value is -2.54. The first-order chi connectivity index (χ1) is 14.5. The van der Waals surface area contributed by atoms with Gasteiger partial charge < -0.3 is 18.9 Å². The van der Waals surface area contributed by atoms with E-state index in [9.17, 15) is 4.79 Å². The molecule has 0 amide bonds. The number of rotatable bonds is 8. The number of benzene rings is 2. The molecule has 0 atom stereocenters. The fourth-order valence-electron chi connectivity index (χ4n) is 3.84. The van der Waals surface area contributed by atoms with Crippen molar-refractivity contribution in [2.24, 2.45) is 0 Å². The summed E-state index contributed by atoms with van der Waals surface area (Å²) >= 11 is 3.55. The topological polar surface area (TPSA) is 57.0 Å². The highest BCUT2D eigenvalue weighted by Gasteiger charge is 2.35. The zero-order valence-electron chi connectivity index (χ0n) is 18.0. The van der Waals surface area contributed by atoms with Crippen LogP contribution in [0, 0.1) is 0 Å². The van der Waals surface area contributed by atoms with E-state index in [1.54, 1.807) is 40.6 Å². The Morgan fingerprint density at radius 2 is 1.67 bits per heavy atom. The molecule has 2 aromatic rings. The molecule has 0 radical (unpaired) electrons. The third-order valence-corrected chi connectivity index (χ3v) is 6.06. The van der Waals surface area contributed by atoms with Crippen molar-refractivity contribution in [2.75, 3.05) is 41.5 Å². The highest BCUT2D eigenvalue weighted by Crippen LogP contribution is 2.39. The lowest BCUT2D eigenvalue weighted by Gasteiger charge is -2.20. The predicted molar refractivity (Wildman–Crippen MR) is 119 cm³/mol. The van der Waals surface area contributed by atoms with Crippen LogP contribution in [0.4, 0.5) is 0 Å². The maximum absolute atomic E-state index is 13.8. The van der Waals surface area contributed by atoms with Crippen molar-refractivity contribution >= 4 is 27.4 Å². The van der Waals surface area contributed by atoms with Crippen LogP contribution in [0.15, 0.2) is 28.7 Å². The van der Waals surface area contributed by atoms with Crippen molar-refractivity contribution in [2.45, 2.75) is 19.8 Å². The smallest absolute Gasteiger partial charge is 0.258 e. The molecule has 6 nitrogen and oxygen atoms in total. The number of ether oxygens (including phenoxy) is 4. The molecule has 0 aromatic heterocycles. The van der Waals surface area contributed by atoms with E-state index in [0.29, 0.717) is 38.7 Å². The molecule has 0 fully saturated rings. The molecule has 7 heteroatoms. The van der Waals surface area contributed by atoms with Crippen molar-refractivity contribution in [1.29, 1.82) is 0 Å². The first-order valence-electron chi connectivity index (χ1n) is 9.82. The number of Topliss-reactive ketones (excluding diaryl/α,β-unsaturated/α-hetero) is 1. The third kappa shape index (κ3) is 3.90. The van der Waals surface area contributed by atoms with Crippen LogP contribution >= 0.6 is 15.9 Å². The van der Waals surface area contributed by atoms with Gasteiger partial charge in [-0.1, -0.05) is 6.92 Å². The molecule has 0 bridgehead atoms. The van der Waals surface area contributed by atoms with E-state index in [1.165, 1.54) is 0 Å². The Kier molecular flexibility index (Phi) is 7.02. The van der Waals surface area contributed by atoms with Crippen LogP contribution in [0.25, 0.3) is 0 Å². The normalized spacial score (nSPS) is 13.0. The Morgan fingerprint density at radius 3 is 2.27 bits per heavy atom. The van der Waals surface area contributed by atoms with E-state index in [2.05, 4.69) is 27.4 Å².